The third-order valence-electron chi connectivity index (χ3n) is 3.73. The molecule has 1 fully saturated rings. The lowest BCUT2D eigenvalue weighted by Crippen LogP contribution is -2.45. The topological polar surface area (TPSA) is 20.3 Å². The largest absolute Gasteiger partial charge is 0.336 e. The maximum atomic E-state index is 12.7. The Balaban J connectivity index is 2.17. The molecule has 0 atom stereocenters. The summed E-state index contributed by atoms with van der Waals surface area (Å²) in [5.41, 5.74) is 1.74. The van der Waals surface area contributed by atoms with Gasteiger partial charge in [0.2, 0.25) is 0 Å². The maximum absolute atomic E-state index is 12.7. The van der Waals surface area contributed by atoms with Crippen LogP contribution in [0.4, 0.5) is 0 Å². The van der Waals surface area contributed by atoms with Crippen molar-refractivity contribution in [2.75, 3.05) is 11.9 Å². The van der Waals surface area contributed by atoms with Gasteiger partial charge in [0.25, 0.3) is 5.91 Å². The Morgan fingerprint density at radius 1 is 1.47 bits per heavy atom. The van der Waals surface area contributed by atoms with Crippen LogP contribution in [0.2, 0.25) is 5.02 Å². The second kappa shape index (κ2) is 6.76. The summed E-state index contributed by atoms with van der Waals surface area (Å²) in [6.07, 6.45) is 4.51. The molecule has 0 radical (unpaired) electrons. The molecule has 0 heterocycles. The van der Waals surface area contributed by atoms with Gasteiger partial charge in [-0.3, -0.25) is 4.79 Å². The van der Waals surface area contributed by atoms with Crippen LogP contribution in [0, 0.1) is 6.92 Å². The zero-order valence-corrected chi connectivity index (χ0v) is 13.5. The number of aryl methyl sites for hydroxylation is 1. The standard InChI is InChI=1S/C15H19BrClNO/c1-11-10-12(17)6-7-14(11)15(19)18(9-3-8-16)13-4-2-5-13/h6-7,10,13H,2-5,8-9H2,1H3. The van der Waals surface area contributed by atoms with Crippen molar-refractivity contribution in [1.29, 1.82) is 0 Å². The summed E-state index contributed by atoms with van der Waals surface area (Å²) in [7, 11) is 0. The Morgan fingerprint density at radius 3 is 2.74 bits per heavy atom. The van der Waals surface area contributed by atoms with E-state index in [0.29, 0.717) is 11.1 Å². The average Bonchev–Trinajstić information content (AvgIpc) is 2.31. The highest BCUT2D eigenvalue weighted by Gasteiger charge is 2.29. The van der Waals surface area contributed by atoms with Gasteiger partial charge in [-0.2, -0.15) is 0 Å². The third-order valence-corrected chi connectivity index (χ3v) is 4.52. The highest BCUT2D eigenvalue weighted by atomic mass is 79.9. The van der Waals surface area contributed by atoms with Crippen molar-refractivity contribution in [3.05, 3.63) is 34.3 Å². The fourth-order valence-corrected chi connectivity index (χ4v) is 2.88. The van der Waals surface area contributed by atoms with Crippen molar-refractivity contribution in [2.45, 2.75) is 38.6 Å². The van der Waals surface area contributed by atoms with E-state index < -0.39 is 0 Å². The van der Waals surface area contributed by atoms with Crippen LogP contribution in [0.5, 0.6) is 0 Å². The van der Waals surface area contributed by atoms with Gasteiger partial charge in [-0.25, -0.2) is 0 Å². The molecule has 0 N–H and O–H groups in total. The maximum Gasteiger partial charge on any atom is 0.254 e. The molecule has 1 aliphatic rings. The molecule has 0 spiro atoms. The number of carbonyl (C=O) groups excluding carboxylic acids is 1. The minimum Gasteiger partial charge on any atom is -0.336 e. The number of amides is 1. The van der Waals surface area contributed by atoms with Crippen molar-refractivity contribution in [1.82, 2.24) is 4.90 Å². The lowest BCUT2D eigenvalue weighted by molar-refractivity contribution is 0.0580. The lowest BCUT2D eigenvalue weighted by atomic mass is 9.90. The Morgan fingerprint density at radius 2 is 2.21 bits per heavy atom. The molecule has 0 bridgehead atoms. The molecule has 0 aliphatic heterocycles. The van der Waals surface area contributed by atoms with E-state index in [2.05, 4.69) is 15.9 Å². The Hall–Kier alpha value is -0.540. The number of hydrogen-bond donors (Lipinski definition) is 0. The van der Waals surface area contributed by atoms with E-state index in [9.17, 15) is 4.79 Å². The quantitative estimate of drug-likeness (QED) is 0.724. The zero-order chi connectivity index (χ0) is 13.8. The molecule has 1 saturated carbocycles. The molecule has 19 heavy (non-hydrogen) atoms. The number of benzene rings is 1. The number of nitrogens with zero attached hydrogens (tertiary/aromatic N) is 1. The van der Waals surface area contributed by atoms with Gasteiger partial charge >= 0.3 is 0 Å². The van der Waals surface area contributed by atoms with E-state index in [4.69, 9.17) is 11.6 Å². The van der Waals surface area contributed by atoms with Gasteiger partial charge in [0.05, 0.1) is 0 Å². The first-order valence-electron chi connectivity index (χ1n) is 6.76. The molecule has 2 rings (SSSR count). The van der Waals surface area contributed by atoms with Crippen LogP contribution in [0.15, 0.2) is 18.2 Å². The van der Waals surface area contributed by atoms with Crippen molar-refractivity contribution in [3.63, 3.8) is 0 Å². The number of carbonyl (C=O) groups is 1. The second-order valence-corrected chi connectivity index (χ2v) is 6.31. The molecule has 0 saturated heterocycles. The summed E-state index contributed by atoms with van der Waals surface area (Å²) >= 11 is 9.40. The molecular formula is C15H19BrClNO. The first-order chi connectivity index (χ1) is 9.13. The minimum absolute atomic E-state index is 0.153. The molecule has 0 unspecified atom stereocenters. The summed E-state index contributed by atoms with van der Waals surface area (Å²) < 4.78 is 0. The van der Waals surface area contributed by atoms with Crippen LogP contribution in [-0.4, -0.2) is 28.7 Å². The predicted molar refractivity (Wildman–Crippen MR) is 83.3 cm³/mol. The van der Waals surface area contributed by atoms with Crippen molar-refractivity contribution < 1.29 is 4.79 Å². The SMILES string of the molecule is Cc1cc(Cl)ccc1C(=O)N(CCCBr)C1CCC1. The molecule has 4 heteroatoms. The van der Waals surface area contributed by atoms with E-state index in [1.165, 1.54) is 6.42 Å². The number of rotatable bonds is 5. The molecule has 1 aromatic rings. The van der Waals surface area contributed by atoms with Gasteiger partial charge in [0, 0.05) is 28.5 Å². The Kier molecular flexibility index (Phi) is 5.28. The average molecular weight is 345 g/mol. The zero-order valence-electron chi connectivity index (χ0n) is 11.2. The molecule has 1 aromatic carbocycles. The monoisotopic (exact) mass is 343 g/mol. The minimum atomic E-state index is 0.153. The van der Waals surface area contributed by atoms with E-state index in [1.807, 2.05) is 24.0 Å². The smallest absolute Gasteiger partial charge is 0.254 e. The van der Waals surface area contributed by atoms with Gasteiger partial charge in [-0.1, -0.05) is 27.5 Å². The van der Waals surface area contributed by atoms with E-state index >= 15 is 0 Å². The van der Waals surface area contributed by atoms with Crippen LogP contribution < -0.4 is 0 Å². The van der Waals surface area contributed by atoms with Crippen molar-refractivity contribution in [3.8, 4) is 0 Å². The van der Waals surface area contributed by atoms with E-state index in [-0.39, 0.29) is 5.91 Å². The third kappa shape index (κ3) is 3.51. The lowest BCUT2D eigenvalue weighted by Gasteiger charge is -2.38. The van der Waals surface area contributed by atoms with Gasteiger partial charge in [-0.05, 0) is 56.4 Å². The molecule has 1 amide bonds. The van der Waals surface area contributed by atoms with Crippen LogP contribution in [0.25, 0.3) is 0 Å². The predicted octanol–water partition coefficient (Wildman–Crippen LogP) is 4.43. The number of halogens is 2. The van der Waals surface area contributed by atoms with Crippen LogP contribution in [-0.2, 0) is 0 Å². The fraction of sp³-hybridized carbons (Fsp3) is 0.533. The normalized spacial score (nSPS) is 15.1. The van der Waals surface area contributed by atoms with E-state index in [0.717, 1.165) is 42.3 Å². The van der Waals surface area contributed by atoms with Gasteiger partial charge in [-0.15, -0.1) is 0 Å². The molecule has 104 valence electrons. The summed E-state index contributed by atoms with van der Waals surface area (Å²) in [6.45, 7) is 2.78. The molecule has 1 aliphatic carbocycles. The van der Waals surface area contributed by atoms with Crippen LogP contribution >= 0.6 is 27.5 Å². The highest BCUT2D eigenvalue weighted by molar-refractivity contribution is 9.09. The second-order valence-electron chi connectivity index (χ2n) is 5.09. The van der Waals surface area contributed by atoms with Gasteiger partial charge in [0.15, 0.2) is 0 Å². The molecule has 0 aromatic heterocycles. The first kappa shape index (κ1) is 14.9. The first-order valence-corrected chi connectivity index (χ1v) is 8.26. The number of alkyl halides is 1. The Bertz CT molecular complexity index is 459. The summed E-state index contributed by atoms with van der Waals surface area (Å²) in [6, 6.07) is 5.94. The highest BCUT2D eigenvalue weighted by Crippen LogP contribution is 2.27. The molecular weight excluding hydrogens is 326 g/mol. The van der Waals surface area contributed by atoms with Crippen molar-refractivity contribution >= 4 is 33.4 Å². The van der Waals surface area contributed by atoms with Crippen LogP contribution in [0.1, 0.15) is 41.6 Å². The van der Waals surface area contributed by atoms with E-state index in [1.54, 1.807) is 6.07 Å². The Labute approximate surface area is 128 Å². The summed E-state index contributed by atoms with van der Waals surface area (Å²) in [5, 5.41) is 1.62. The summed E-state index contributed by atoms with van der Waals surface area (Å²) in [4.78, 5) is 14.7. The van der Waals surface area contributed by atoms with Gasteiger partial charge < -0.3 is 4.90 Å². The van der Waals surface area contributed by atoms with Crippen molar-refractivity contribution in [2.24, 2.45) is 0 Å². The molecule has 2 nitrogen and oxygen atoms in total. The summed E-state index contributed by atoms with van der Waals surface area (Å²) in [5.74, 6) is 0.153. The fourth-order valence-electron chi connectivity index (χ4n) is 2.40. The number of hydrogen-bond acceptors (Lipinski definition) is 1. The van der Waals surface area contributed by atoms with Crippen LogP contribution in [0.3, 0.4) is 0 Å². The van der Waals surface area contributed by atoms with Gasteiger partial charge in [0.1, 0.15) is 0 Å².